The molecule has 0 bridgehead atoms. The summed E-state index contributed by atoms with van der Waals surface area (Å²) in [5.74, 6) is -8.78. The van der Waals surface area contributed by atoms with E-state index in [-0.39, 0.29) is 11.8 Å². The number of para-hydroxylation sites is 1. The van der Waals surface area contributed by atoms with Gasteiger partial charge in [0.05, 0.1) is 51.4 Å². The van der Waals surface area contributed by atoms with Crippen molar-refractivity contribution >= 4 is 23.4 Å². The minimum absolute atomic E-state index is 0.293. The molecule has 0 spiro atoms. The number of carbonyl (C=O) groups excluding carboxylic acids is 1. The molecule has 1 atom stereocenters. The number of piperidine rings is 1. The van der Waals surface area contributed by atoms with Crippen LogP contribution in [0.4, 0.5) is 27.6 Å². The summed E-state index contributed by atoms with van der Waals surface area (Å²) in [6, 6.07) is -29.2. The topological polar surface area (TPSA) is 56.3 Å². The standard InChI is InChI=1S/C41H42F5N3O3S/c1-27-22-29(28-12-14-32(15-13-28)41(44,45)46)10-11-30(27)24-48(33-16-18-47(19-17-33)20-21-52-2)38(51)25-49-36-9-4-3-7-34(36)37(50)23-39(49)53-26-31-6-5-8-35(42)40(31)43/h3-15,22-23,33,37,50H,16-21,24-26H2,1-2H3/i2D3,3D,4D,5D,6D,7D,8D,9D,10D,11D,12D,13D,14D,15D,16D2,17D2,18D2,19D2,20D2,21D2,22D,23D,24D2,25D2,33D. The van der Waals surface area contributed by atoms with Gasteiger partial charge in [0.15, 0.2) is 11.6 Å². The van der Waals surface area contributed by atoms with Crippen molar-refractivity contribution in [2.24, 2.45) is 0 Å². The van der Waals surface area contributed by atoms with Gasteiger partial charge in [-0.2, -0.15) is 13.2 Å². The van der Waals surface area contributed by atoms with E-state index in [9.17, 15) is 32.0 Å². The van der Waals surface area contributed by atoms with E-state index >= 15 is 13.6 Å². The first-order valence-electron chi connectivity index (χ1n) is 31.8. The van der Waals surface area contributed by atoms with E-state index in [0.717, 1.165) is 0 Å². The largest absolute Gasteiger partial charge is 0.416 e. The molecule has 53 heavy (non-hydrogen) atoms. The Morgan fingerprint density at radius 2 is 1.79 bits per heavy atom. The molecule has 12 heteroatoms. The predicted molar refractivity (Wildman–Crippen MR) is 198 cm³/mol. The number of anilines is 1. The molecule has 2 aliphatic rings. The van der Waals surface area contributed by atoms with Crippen molar-refractivity contribution in [2.45, 2.75) is 50.2 Å². The Kier molecular flexibility index (Phi) is 4.49. The SMILES string of the molecule is [2H]C1=C(SCc2c([2H])c([2H])c([2H])c(F)c2F)N(C([2H])([2H])C(=O)N(C([2H])([2H])c2c([2H])c([2H])c(-c3c([2H])c([2H])c(C(F)(F)F)c([2H])c3[2H])c([2H])c2C)C2([2H])C([2H])([2H])C([2H])([2H])N(C([2H])([2H])C([2H])([2H])OC([2H])([2H])[2H])C([2H])([2H])C2([2H])[2H])c2c([2H])c([2H])c([2H])c([2H])c2C1O. The number of likely N-dealkylation sites (tertiary alicyclic amines) is 1. The highest BCUT2D eigenvalue weighted by molar-refractivity contribution is 8.02. The molecule has 6 rings (SSSR count). The highest BCUT2D eigenvalue weighted by Crippen LogP contribution is 2.41. The van der Waals surface area contributed by atoms with Crippen LogP contribution in [0.1, 0.15) is 94.6 Å². The van der Waals surface area contributed by atoms with E-state index in [2.05, 4.69) is 4.74 Å². The van der Waals surface area contributed by atoms with Gasteiger partial charge in [-0.05, 0) is 72.1 Å². The normalized spacial score (nSPS) is 32.2. The van der Waals surface area contributed by atoms with Gasteiger partial charge in [0.1, 0.15) is 12.6 Å². The summed E-state index contributed by atoms with van der Waals surface area (Å²) >= 11 is -0.293. The Morgan fingerprint density at radius 3 is 2.53 bits per heavy atom. The summed E-state index contributed by atoms with van der Waals surface area (Å²) in [4.78, 5) is 13.0. The number of ether oxygens (including phenoxy) is 1. The van der Waals surface area contributed by atoms with Crippen LogP contribution in [0.2, 0.25) is 0 Å². The van der Waals surface area contributed by atoms with Gasteiger partial charge in [0, 0.05) is 75.3 Å². The number of hydrogen-bond acceptors (Lipinski definition) is 6. The first-order valence-corrected chi connectivity index (χ1v) is 15.2. The fourth-order valence-electron chi connectivity index (χ4n) is 4.20. The second kappa shape index (κ2) is 16.8. The molecule has 1 amide bonds. The summed E-state index contributed by atoms with van der Waals surface area (Å²) in [7, 11) is -4.08. The van der Waals surface area contributed by atoms with Crippen LogP contribution in [0.3, 0.4) is 0 Å². The van der Waals surface area contributed by atoms with Crippen LogP contribution in [0.15, 0.2) is 95.7 Å². The van der Waals surface area contributed by atoms with Crippen molar-refractivity contribution in [2.75, 3.05) is 44.5 Å². The van der Waals surface area contributed by atoms with Crippen LogP contribution in [-0.2, 0) is 28.0 Å². The maximum absolute atomic E-state index is 16.2. The maximum atomic E-state index is 16.2. The summed E-state index contributed by atoms with van der Waals surface area (Å²) in [6.07, 6.45) is -19.1. The monoisotopic (exact) mass is 787 g/mol. The Bertz CT molecular complexity index is 3540. The lowest BCUT2D eigenvalue weighted by atomic mass is 9.97. The first-order chi connectivity index (χ1) is 39.3. The molecule has 1 N–H and O–H groups in total. The average molecular weight is 787 g/mol. The molecular formula is C41H42F5N3O3S. The number of alkyl halides is 3. The number of hydrogen-bond donors (Lipinski definition) is 1. The maximum Gasteiger partial charge on any atom is 0.416 e. The molecule has 1 saturated heterocycles. The van der Waals surface area contributed by atoms with Crippen molar-refractivity contribution in [3.05, 3.63) is 135 Å². The molecule has 1 unspecified atom stereocenters. The number of fused-ring (bicyclic) bond motifs is 1. The number of aliphatic hydroxyl groups excluding tert-OH is 1. The number of halogens is 5. The zero-order valence-electron chi connectivity index (χ0n) is 61.2. The lowest BCUT2D eigenvalue weighted by Crippen LogP contribution is -2.50. The van der Waals surface area contributed by atoms with E-state index in [0.29, 0.717) is 6.92 Å². The third-order valence-corrected chi connectivity index (χ3v) is 7.66. The van der Waals surface area contributed by atoms with Crippen molar-refractivity contribution < 1.29 is 84.6 Å². The minimum atomic E-state index is -5.62. The van der Waals surface area contributed by atoms with Gasteiger partial charge in [-0.1, -0.05) is 60.4 Å². The fraction of sp³-hybridized carbons (Fsp3) is 0.341. The van der Waals surface area contributed by atoms with Crippen molar-refractivity contribution in [3.63, 3.8) is 0 Å². The number of methoxy groups -OCH3 is 1. The molecular weight excluding hydrogens is 710 g/mol. The van der Waals surface area contributed by atoms with Crippen LogP contribution < -0.4 is 4.90 Å². The van der Waals surface area contributed by atoms with Gasteiger partial charge in [-0.15, -0.1) is 11.8 Å². The smallest absolute Gasteiger partial charge is 0.384 e. The third-order valence-electron chi connectivity index (χ3n) is 6.65. The van der Waals surface area contributed by atoms with Crippen molar-refractivity contribution in [1.82, 2.24) is 9.80 Å². The Balaban J connectivity index is 1.83. The molecule has 0 aliphatic carbocycles. The van der Waals surface area contributed by atoms with Gasteiger partial charge < -0.3 is 24.5 Å². The lowest BCUT2D eigenvalue weighted by Gasteiger charge is -2.41. The van der Waals surface area contributed by atoms with Gasteiger partial charge in [0.25, 0.3) is 0 Å². The van der Waals surface area contributed by atoms with E-state index in [4.69, 9.17) is 34.3 Å². The minimum Gasteiger partial charge on any atom is -0.384 e. The molecule has 6 nitrogen and oxygen atoms in total. The lowest BCUT2D eigenvalue weighted by molar-refractivity contribution is -0.137. The summed E-state index contributed by atoms with van der Waals surface area (Å²) in [5.41, 5.74) is -12.3. The van der Waals surface area contributed by atoms with E-state index < -0.39 is 255 Å². The highest BCUT2D eigenvalue weighted by Gasteiger charge is 2.33. The zero-order chi connectivity index (χ0) is 68.5. The van der Waals surface area contributed by atoms with Gasteiger partial charge in [0.2, 0.25) is 5.91 Å². The molecule has 0 radical (unpaired) electrons. The Morgan fingerprint density at radius 1 is 1.06 bits per heavy atom. The van der Waals surface area contributed by atoms with Crippen LogP contribution in [0.25, 0.3) is 11.1 Å². The Labute approximate surface area is 360 Å². The molecule has 280 valence electrons. The van der Waals surface area contributed by atoms with Crippen LogP contribution in [0, 0.1) is 18.6 Å². The number of nitrogens with zero attached hydrogens (tertiary/aromatic N) is 3. The van der Waals surface area contributed by atoms with Crippen LogP contribution in [0.5, 0.6) is 0 Å². The molecule has 4 aromatic carbocycles. The number of carbonyl (C=O) groups is 1. The number of rotatable bonds is 12. The van der Waals surface area contributed by atoms with Gasteiger partial charge >= 0.3 is 6.18 Å². The highest BCUT2D eigenvalue weighted by atomic mass is 32.2. The summed E-state index contributed by atoms with van der Waals surface area (Å²) < 4.78 is 383. The second-order valence-electron chi connectivity index (χ2n) is 10.1. The third kappa shape index (κ3) is 9.12. The Hall–Kier alpha value is -4.23. The summed E-state index contributed by atoms with van der Waals surface area (Å²) in [5, 5.41) is 10.1. The fourth-order valence-corrected chi connectivity index (χ4v) is 5.14. The van der Waals surface area contributed by atoms with E-state index in [1.807, 2.05) is 0 Å². The molecule has 2 aliphatic heterocycles. The summed E-state index contributed by atoms with van der Waals surface area (Å²) in [6.45, 7) is -29.4. The van der Waals surface area contributed by atoms with Crippen LogP contribution in [-0.4, -0.2) is 66.4 Å². The van der Waals surface area contributed by atoms with Gasteiger partial charge in [-0.25, -0.2) is 8.78 Å². The van der Waals surface area contributed by atoms with E-state index in [1.54, 1.807) is 0 Å². The number of thioether (sulfide) groups is 1. The zero-order valence-corrected chi connectivity index (χ0v) is 27.0. The predicted octanol–water partition coefficient (Wildman–Crippen LogP) is 8.73. The first kappa shape index (κ1) is 14.1. The second-order valence-corrected chi connectivity index (χ2v) is 11.0. The molecule has 2 heterocycles. The van der Waals surface area contributed by atoms with Crippen LogP contribution >= 0.6 is 11.8 Å². The molecule has 1 fully saturated rings. The molecule has 4 aromatic rings. The molecule has 0 aromatic heterocycles. The van der Waals surface area contributed by atoms with Crippen molar-refractivity contribution in [3.8, 4) is 11.1 Å². The number of benzene rings is 4. The van der Waals surface area contributed by atoms with Crippen molar-refractivity contribution in [1.29, 1.82) is 0 Å². The quantitative estimate of drug-likeness (QED) is 0.145. The van der Waals surface area contributed by atoms with E-state index in [1.165, 1.54) is 0 Å². The molecule has 0 saturated carbocycles. The average Bonchev–Trinajstić information content (AvgIpc) is 0.655. The van der Waals surface area contributed by atoms with Gasteiger partial charge in [-0.3, -0.25) is 4.79 Å². The number of amides is 1. The number of aliphatic hydroxyl groups is 1.